The molecule has 1 saturated heterocycles. The van der Waals surface area contributed by atoms with E-state index in [2.05, 4.69) is 5.32 Å². The second-order valence-electron chi connectivity index (χ2n) is 3.39. The van der Waals surface area contributed by atoms with Gasteiger partial charge >= 0.3 is 0 Å². The van der Waals surface area contributed by atoms with Crippen molar-refractivity contribution in [2.75, 3.05) is 32.6 Å². The zero-order valence-corrected chi connectivity index (χ0v) is 9.71. The second kappa shape index (κ2) is 4.91. The van der Waals surface area contributed by atoms with E-state index in [0.717, 1.165) is 0 Å². The minimum Gasteiger partial charge on any atom is -0.384 e. The van der Waals surface area contributed by atoms with Crippen molar-refractivity contribution in [3.8, 4) is 0 Å². The molecule has 88 valence electrons. The Balaban J connectivity index is 2.72. The number of hydrogen-bond acceptors (Lipinski definition) is 4. The maximum Gasteiger partial charge on any atom is 0.238 e. The van der Waals surface area contributed by atoms with Crippen LogP contribution in [0.3, 0.4) is 0 Å². The SMILES string of the molecule is COCCS(=O)(=O)N1CCNC(=O)C1C. The summed E-state index contributed by atoms with van der Waals surface area (Å²) in [6.07, 6.45) is 0. The molecule has 1 amide bonds. The van der Waals surface area contributed by atoms with Gasteiger partial charge in [-0.1, -0.05) is 0 Å². The number of sulfonamides is 1. The summed E-state index contributed by atoms with van der Waals surface area (Å²) in [4.78, 5) is 11.3. The van der Waals surface area contributed by atoms with Crippen molar-refractivity contribution in [3.63, 3.8) is 0 Å². The van der Waals surface area contributed by atoms with E-state index in [0.29, 0.717) is 13.1 Å². The van der Waals surface area contributed by atoms with Crippen LogP contribution in [0.2, 0.25) is 0 Å². The van der Waals surface area contributed by atoms with Crippen LogP contribution in [-0.2, 0) is 19.6 Å². The first-order chi connectivity index (χ1) is 6.99. The topological polar surface area (TPSA) is 75.7 Å². The summed E-state index contributed by atoms with van der Waals surface area (Å²) >= 11 is 0. The van der Waals surface area contributed by atoms with Gasteiger partial charge in [-0.15, -0.1) is 0 Å². The average Bonchev–Trinajstić information content (AvgIpc) is 2.19. The number of piperazine rings is 1. The van der Waals surface area contributed by atoms with Crippen LogP contribution in [0.5, 0.6) is 0 Å². The summed E-state index contributed by atoms with van der Waals surface area (Å²) in [6.45, 7) is 2.43. The normalized spacial score (nSPS) is 23.9. The molecule has 1 fully saturated rings. The molecule has 1 N–H and O–H groups in total. The standard InChI is InChI=1S/C8H16N2O4S/c1-7-8(11)9-3-4-10(7)15(12,13)6-5-14-2/h7H,3-6H2,1-2H3,(H,9,11). The molecule has 1 heterocycles. The first kappa shape index (κ1) is 12.4. The second-order valence-corrected chi connectivity index (χ2v) is 5.43. The fourth-order valence-corrected chi connectivity index (χ4v) is 3.01. The number of nitrogens with one attached hydrogen (secondary N) is 1. The summed E-state index contributed by atoms with van der Waals surface area (Å²) < 4.78 is 29.5. The quantitative estimate of drug-likeness (QED) is 0.664. The van der Waals surface area contributed by atoms with Crippen LogP contribution < -0.4 is 5.32 Å². The van der Waals surface area contributed by atoms with Crippen molar-refractivity contribution >= 4 is 15.9 Å². The maximum absolute atomic E-state index is 11.8. The van der Waals surface area contributed by atoms with E-state index < -0.39 is 16.1 Å². The smallest absolute Gasteiger partial charge is 0.238 e. The van der Waals surface area contributed by atoms with Gasteiger partial charge in [0.05, 0.1) is 12.4 Å². The zero-order chi connectivity index (χ0) is 11.5. The van der Waals surface area contributed by atoms with Gasteiger partial charge in [0.15, 0.2) is 0 Å². The molecule has 1 rings (SSSR count). The molecule has 7 heteroatoms. The number of carbonyl (C=O) groups is 1. The largest absolute Gasteiger partial charge is 0.384 e. The molecule has 0 saturated carbocycles. The fourth-order valence-electron chi connectivity index (χ4n) is 1.45. The van der Waals surface area contributed by atoms with Gasteiger partial charge in [0, 0.05) is 20.2 Å². The van der Waals surface area contributed by atoms with Crippen LogP contribution in [0.15, 0.2) is 0 Å². The first-order valence-corrected chi connectivity index (χ1v) is 6.36. The van der Waals surface area contributed by atoms with Crippen molar-refractivity contribution in [1.29, 1.82) is 0 Å². The molecular weight excluding hydrogens is 220 g/mol. The van der Waals surface area contributed by atoms with Gasteiger partial charge in [-0.3, -0.25) is 4.79 Å². The van der Waals surface area contributed by atoms with Gasteiger partial charge in [-0.25, -0.2) is 8.42 Å². The van der Waals surface area contributed by atoms with Gasteiger partial charge in [-0.05, 0) is 6.92 Å². The van der Waals surface area contributed by atoms with Crippen molar-refractivity contribution in [2.24, 2.45) is 0 Å². The van der Waals surface area contributed by atoms with Crippen LogP contribution in [0, 0.1) is 0 Å². The summed E-state index contributed by atoms with van der Waals surface area (Å²) in [5.41, 5.74) is 0. The molecule has 0 aromatic rings. The van der Waals surface area contributed by atoms with Gasteiger partial charge < -0.3 is 10.1 Å². The number of rotatable bonds is 4. The van der Waals surface area contributed by atoms with E-state index in [1.54, 1.807) is 6.92 Å². The lowest BCUT2D eigenvalue weighted by molar-refractivity contribution is -0.126. The molecule has 0 aliphatic carbocycles. The fraction of sp³-hybridized carbons (Fsp3) is 0.875. The summed E-state index contributed by atoms with van der Waals surface area (Å²) in [7, 11) is -1.93. The molecule has 0 bridgehead atoms. The molecule has 0 spiro atoms. The van der Waals surface area contributed by atoms with Gasteiger partial charge in [0.1, 0.15) is 6.04 Å². The average molecular weight is 236 g/mol. The van der Waals surface area contributed by atoms with Crippen LogP contribution in [0.4, 0.5) is 0 Å². The highest BCUT2D eigenvalue weighted by molar-refractivity contribution is 7.89. The minimum absolute atomic E-state index is 0.0822. The predicted molar refractivity (Wildman–Crippen MR) is 54.8 cm³/mol. The van der Waals surface area contributed by atoms with E-state index in [-0.39, 0.29) is 18.3 Å². The Hall–Kier alpha value is -0.660. The van der Waals surface area contributed by atoms with Crippen molar-refractivity contribution in [2.45, 2.75) is 13.0 Å². The molecule has 15 heavy (non-hydrogen) atoms. The third kappa shape index (κ3) is 2.90. The number of ether oxygens (including phenoxy) is 1. The van der Waals surface area contributed by atoms with E-state index in [9.17, 15) is 13.2 Å². The first-order valence-electron chi connectivity index (χ1n) is 4.75. The summed E-state index contributed by atoms with van der Waals surface area (Å²) in [5.74, 6) is -0.330. The number of methoxy groups -OCH3 is 1. The van der Waals surface area contributed by atoms with Crippen molar-refractivity contribution in [3.05, 3.63) is 0 Å². The van der Waals surface area contributed by atoms with E-state index >= 15 is 0 Å². The maximum atomic E-state index is 11.8. The van der Waals surface area contributed by atoms with Crippen molar-refractivity contribution < 1.29 is 17.9 Å². The lowest BCUT2D eigenvalue weighted by Gasteiger charge is -2.31. The molecular formula is C8H16N2O4S. The van der Waals surface area contributed by atoms with Crippen LogP contribution in [-0.4, -0.2) is 57.2 Å². The molecule has 1 unspecified atom stereocenters. The number of amides is 1. The lowest BCUT2D eigenvalue weighted by Crippen LogP contribution is -2.56. The number of carbonyl (C=O) groups excluding carboxylic acids is 1. The molecule has 1 aliphatic heterocycles. The third-order valence-corrected chi connectivity index (χ3v) is 4.24. The van der Waals surface area contributed by atoms with Gasteiger partial charge in [0.25, 0.3) is 0 Å². The Morgan fingerprint density at radius 2 is 2.27 bits per heavy atom. The van der Waals surface area contributed by atoms with Gasteiger partial charge in [-0.2, -0.15) is 4.31 Å². The van der Waals surface area contributed by atoms with Crippen LogP contribution in [0.1, 0.15) is 6.92 Å². The Labute approximate surface area is 89.6 Å². The van der Waals surface area contributed by atoms with E-state index in [1.165, 1.54) is 11.4 Å². The van der Waals surface area contributed by atoms with Gasteiger partial charge in [0.2, 0.25) is 15.9 Å². The van der Waals surface area contributed by atoms with Crippen LogP contribution in [0.25, 0.3) is 0 Å². The zero-order valence-electron chi connectivity index (χ0n) is 8.89. The molecule has 6 nitrogen and oxygen atoms in total. The lowest BCUT2D eigenvalue weighted by atomic mass is 10.2. The Bertz CT molecular complexity index is 328. The third-order valence-electron chi connectivity index (χ3n) is 2.35. The Kier molecular flexibility index (Phi) is 4.06. The Morgan fingerprint density at radius 3 is 2.87 bits per heavy atom. The molecule has 0 radical (unpaired) electrons. The van der Waals surface area contributed by atoms with E-state index in [1.807, 2.05) is 0 Å². The summed E-state index contributed by atoms with van der Waals surface area (Å²) in [5, 5.41) is 2.61. The summed E-state index contributed by atoms with van der Waals surface area (Å²) in [6, 6.07) is -0.624. The predicted octanol–water partition coefficient (Wildman–Crippen LogP) is -1.22. The number of hydrogen-bond donors (Lipinski definition) is 1. The monoisotopic (exact) mass is 236 g/mol. The molecule has 0 aromatic heterocycles. The number of nitrogens with zero attached hydrogens (tertiary/aromatic N) is 1. The highest BCUT2D eigenvalue weighted by Crippen LogP contribution is 2.10. The molecule has 1 atom stereocenters. The van der Waals surface area contributed by atoms with E-state index in [4.69, 9.17) is 4.74 Å². The molecule has 0 aromatic carbocycles. The van der Waals surface area contributed by atoms with Crippen LogP contribution >= 0.6 is 0 Å². The highest BCUT2D eigenvalue weighted by atomic mass is 32.2. The Morgan fingerprint density at radius 1 is 1.60 bits per heavy atom. The van der Waals surface area contributed by atoms with Crippen molar-refractivity contribution in [1.82, 2.24) is 9.62 Å². The minimum atomic E-state index is -3.38. The molecule has 1 aliphatic rings. The highest BCUT2D eigenvalue weighted by Gasteiger charge is 2.33.